The Balaban J connectivity index is 2.30. The Morgan fingerprint density at radius 1 is 1.56 bits per heavy atom. The highest BCUT2D eigenvalue weighted by atomic mass is 16.6. The second kappa shape index (κ2) is 5.10. The average molecular weight is 229 g/mol. The number of hydrogen-bond donors (Lipinski definition) is 3. The van der Waals surface area contributed by atoms with Gasteiger partial charge in [0.25, 0.3) is 5.91 Å². The summed E-state index contributed by atoms with van der Waals surface area (Å²) in [5.74, 6) is -2.26. The molecule has 0 fully saturated rings. The van der Waals surface area contributed by atoms with Gasteiger partial charge in [-0.2, -0.15) is 0 Å². The Morgan fingerprint density at radius 2 is 2.25 bits per heavy atom. The summed E-state index contributed by atoms with van der Waals surface area (Å²) < 4.78 is 0. The van der Waals surface area contributed by atoms with E-state index in [1.807, 2.05) is 0 Å². The Bertz CT molecular complexity index is 352. The van der Waals surface area contributed by atoms with Gasteiger partial charge in [0.1, 0.15) is 0 Å². The number of aliphatic carboxylic acids is 1. The molecule has 0 aromatic carbocycles. The molecule has 0 aromatic heterocycles. The van der Waals surface area contributed by atoms with Gasteiger partial charge in [-0.25, -0.2) is 4.79 Å². The number of amides is 2. The van der Waals surface area contributed by atoms with Crippen LogP contribution in [0.2, 0.25) is 0 Å². The van der Waals surface area contributed by atoms with Gasteiger partial charge in [-0.05, 0) is 0 Å². The smallest absolute Gasteiger partial charge is 0.353 e. The second-order valence-corrected chi connectivity index (χ2v) is 3.15. The maximum absolute atomic E-state index is 11.3. The van der Waals surface area contributed by atoms with Crippen molar-refractivity contribution < 1.29 is 24.3 Å². The molecule has 0 aromatic rings. The first-order valence-corrected chi connectivity index (χ1v) is 4.52. The summed E-state index contributed by atoms with van der Waals surface area (Å²) in [7, 11) is 0. The van der Waals surface area contributed by atoms with E-state index in [2.05, 4.69) is 15.3 Å². The van der Waals surface area contributed by atoms with Crippen molar-refractivity contribution in [1.82, 2.24) is 5.32 Å². The third kappa shape index (κ3) is 3.23. The van der Waals surface area contributed by atoms with Crippen molar-refractivity contribution in [1.29, 1.82) is 0 Å². The fourth-order valence-electron chi connectivity index (χ4n) is 1.07. The van der Waals surface area contributed by atoms with Gasteiger partial charge in [0.15, 0.2) is 5.71 Å². The number of carbonyl (C=O) groups excluding carboxylic acids is 2. The van der Waals surface area contributed by atoms with Crippen LogP contribution in [-0.2, 0) is 19.2 Å². The van der Waals surface area contributed by atoms with Gasteiger partial charge < -0.3 is 21.0 Å². The van der Waals surface area contributed by atoms with Crippen LogP contribution in [0.4, 0.5) is 0 Å². The molecule has 4 N–H and O–H groups in total. The summed E-state index contributed by atoms with van der Waals surface area (Å²) in [5.41, 5.74) is 4.67. The van der Waals surface area contributed by atoms with E-state index in [9.17, 15) is 14.4 Å². The summed E-state index contributed by atoms with van der Waals surface area (Å²) in [6.45, 7) is 0.0937. The highest BCUT2D eigenvalue weighted by Crippen LogP contribution is 2.10. The molecule has 1 atom stereocenters. The van der Waals surface area contributed by atoms with E-state index >= 15 is 0 Å². The standard InChI is InChI=1S/C8H11N3O5/c9-6(12)1-2-10-7(13)5-3-4(8(14)15)11-16-5/h5H,1-3H2,(H2,9,12)(H,10,13)(H,14,15). The fourth-order valence-corrected chi connectivity index (χ4v) is 1.07. The number of hydrogen-bond acceptors (Lipinski definition) is 5. The molecule has 0 radical (unpaired) electrons. The zero-order valence-corrected chi connectivity index (χ0v) is 8.30. The molecule has 8 nitrogen and oxygen atoms in total. The van der Waals surface area contributed by atoms with Gasteiger partial charge in [0.2, 0.25) is 12.0 Å². The minimum atomic E-state index is -1.22. The third-order valence-electron chi connectivity index (χ3n) is 1.88. The number of rotatable bonds is 5. The number of carboxylic acid groups (broad SMARTS) is 1. The minimum absolute atomic E-state index is 0.0190. The van der Waals surface area contributed by atoms with Crippen LogP contribution < -0.4 is 11.1 Å². The molecule has 0 spiro atoms. The summed E-state index contributed by atoms with van der Waals surface area (Å²) in [4.78, 5) is 36.8. The number of nitrogens with one attached hydrogen (secondary N) is 1. The second-order valence-electron chi connectivity index (χ2n) is 3.15. The number of oxime groups is 1. The maximum Gasteiger partial charge on any atom is 0.353 e. The van der Waals surface area contributed by atoms with Crippen molar-refractivity contribution in [3.05, 3.63) is 0 Å². The molecule has 0 bridgehead atoms. The van der Waals surface area contributed by atoms with Crippen LogP contribution in [0.3, 0.4) is 0 Å². The maximum atomic E-state index is 11.3. The molecule has 0 aliphatic carbocycles. The van der Waals surface area contributed by atoms with Crippen LogP contribution >= 0.6 is 0 Å². The predicted molar refractivity (Wildman–Crippen MR) is 51.4 cm³/mol. The highest BCUT2D eigenvalue weighted by molar-refractivity contribution is 6.36. The molecule has 1 heterocycles. The van der Waals surface area contributed by atoms with Crippen LogP contribution in [0.25, 0.3) is 0 Å². The lowest BCUT2D eigenvalue weighted by atomic mass is 10.1. The zero-order chi connectivity index (χ0) is 12.1. The molecule has 1 aliphatic rings. The fraction of sp³-hybridized carbons (Fsp3) is 0.500. The summed E-state index contributed by atoms with van der Waals surface area (Å²) in [6.07, 6.45) is -1.01. The molecule has 0 saturated carbocycles. The van der Waals surface area contributed by atoms with Gasteiger partial charge in [0, 0.05) is 19.4 Å². The molecular weight excluding hydrogens is 218 g/mol. The first kappa shape index (κ1) is 12.0. The molecule has 2 amide bonds. The van der Waals surface area contributed by atoms with E-state index < -0.39 is 23.9 Å². The van der Waals surface area contributed by atoms with Crippen molar-refractivity contribution in [3.8, 4) is 0 Å². The molecule has 16 heavy (non-hydrogen) atoms. The van der Waals surface area contributed by atoms with Gasteiger partial charge in [-0.3, -0.25) is 9.59 Å². The van der Waals surface area contributed by atoms with Crippen molar-refractivity contribution in [2.75, 3.05) is 6.54 Å². The van der Waals surface area contributed by atoms with E-state index in [0.717, 1.165) is 0 Å². The first-order chi connectivity index (χ1) is 7.50. The lowest BCUT2D eigenvalue weighted by Crippen LogP contribution is -2.36. The van der Waals surface area contributed by atoms with Gasteiger partial charge in [-0.1, -0.05) is 5.16 Å². The zero-order valence-electron chi connectivity index (χ0n) is 8.30. The molecular formula is C8H11N3O5. The topological polar surface area (TPSA) is 131 Å². The number of carboxylic acids is 1. The Hall–Kier alpha value is -2.12. The van der Waals surface area contributed by atoms with E-state index in [1.165, 1.54) is 0 Å². The van der Waals surface area contributed by atoms with Gasteiger partial charge in [0.05, 0.1) is 0 Å². The highest BCUT2D eigenvalue weighted by Gasteiger charge is 2.31. The van der Waals surface area contributed by atoms with Crippen LogP contribution in [0.15, 0.2) is 5.16 Å². The Kier molecular flexibility index (Phi) is 3.81. The van der Waals surface area contributed by atoms with Crippen molar-refractivity contribution in [2.24, 2.45) is 10.9 Å². The summed E-state index contributed by atoms with van der Waals surface area (Å²) in [6, 6.07) is 0. The SMILES string of the molecule is NC(=O)CCNC(=O)C1CC(C(=O)O)=NO1. The summed E-state index contributed by atoms with van der Waals surface area (Å²) in [5, 5.41) is 14.2. The van der Waals surface area contributed by atoms with Gasteiger partial charge in [-0.15, -0.1) is 0 Å². The Morgan fingerprint density at radius 3 is 2.75 bits per heavy atom. The predicted octanol–water partition coefficient (Wildman–Crippen LogP) is -1.79. The largest absolute Gasteiger partial charge is 0.477 e. The molecule has 1 unspecified atom stereocenters. The monoisotopic (exact) mass is 229 g/mol. The number of nitrogens with zero attached hydrogens (tertiary/aromatic N) is 1. The first-order valence-electron chi connectivity index (χ1n) is 4.52. The lowest BCUT2D eigenvalue weighted by molar-refractivity contribution is -0.131. The quantitative estimate of drug-likeness (QED) is 0.512. The molecule has 1 aliphatic heterocycles. The van der Waals surface area contributed by atoms with Crippen LogP contribution in [-0.4, -0.2) is 41.3 Å². The Labute approximate surface area is 90.4 Å². The number of primary amides is 1. The average Bonchev–Trinajstić information content (AvgIpc) is 2.65. The molecule has 8 heteroatoms. The van der Waals surface area contributed by atoms with E-state index in [0.29, 0.717) is 0 Å². The van der Waals surface area contributed by atoms with Crippen molar-refractivity contribution >= 4 is 23.5 Å². The third-order valence-corrected chi connectivity index (χ3v) is 1.88. The van der Waals surface area contributed by atoms with Crippen LogP contribution in [0.1, 0.15) is 12.8 Å². The van der Waals surface area contributed by atoms with Crippen LogP contribution in [0.5, 0.6) is 0 Å². The lowest BCUT2D eigenvalue weighted by Gasteiger charge is -2.07. The van der Waals surface area contributed by atoms with Crippen molar-refractivity contribution in [3.63, 3.8) is 0 Å². The normalized spacial score (nSPS) is 18.5. The summed E-state index contributed by atoms with van der Waals surface area (Å²) >= 11 is 0. The van der Waals surface area contributed by atoms with E-state index in [1.54, 1.807) is 0 Å². The number of nitrogens with two attached hydrogens (primary N) is 1. The van der Waals surface area contributed by atoms with Crippen molar-refractivity contribution in [2.45, 2.75) is 18.9 Å². The van der Waals surface area contributed by atoms with Crippen LogP contribution in [0, 0.1) is 0 Å². The molecule has 88 valence electrons. The van der Waals surface area contributed by atoms with E-state index in [-0.39, 0.29) is 25.1 Å². The van der Waals surface area contributed by atoms with Gasteiger partial charge >= 0.3 is 5.97 Å². The minimum Gasteiger partial charge on any atom is -0.477 e. The molecule has 0 saturated heterocycles. The number of carbonyl (C=O) groups is 3. The molecule has 1 rings (SSSR count). The van der Waals surface area contributed by atoms with E-state index in [4.69, 9.17) is 10.8 Å².